The van der Waals surface area contributed by atoms with Crippen LogP contribution >= 0.6 is 0 Å². The molecular weight excluding hydrogens is 216 g/mol. The molecule has 0 aliphatic carbocycles. The van der Waals surface area contributed by atoms with Gasteiger partial charge in [0, 0.05) is 18.7 Å². The fraction of sp³-hybridized carbons (Fsp3) is 0.231. The molecule has 1 aromatic heterocycles. The second-order valence-corrected chi connectivity index (χ2v) is 4.26. The Morgan fingerprint density at radius 2 is 2.06 bits per heavy atom. The fourth-order valence-electron chi connectivity index (χ4n) is 2.04. The molecule has 0 spiro atoms. The van der Waals surface area contributed by atoms with E-state index in [1.165, 1.54) is 0 Å². The molecule has 1 aliphatic heterocycles. The van der Waals surface area contributed by atoms with Crippen molar-refractivity contribution in [1.29, 1.82) is 0 Å². The van der Waals surface area contributed by atoms with Crippen LogP contribution in [0.1, 0.15) is 18.3 Å². The molecule has 0 saturated carbocycles. The Morgan fingerprint density at radius 1 is 1.29 bits per heavy atom. The van der Waals surface area contributed by atoms with Crippen LogP contribution in [0.5, 0.6) is 5.75 Å². The summed E-state index contributed by atoms with van der Waals surface area (Å²) in [6, 6.07) is 7.54. The van der Waals surface area contributed by atoms with E-state index in [-0.39, 0.29) is 0 Å². The molecule has 2 aromatic rings. The van der Waals surface area contributed by atoms with Crippen LogP contribution in [0.2, 0.25) is 0 Å². The van der Waals surface area contributed by atoms with Crippen LogP contribution in [0, 0.1) is 6.92 Å². The summed E-state index contributed by atoms with van der Waals surface area (Å²) in [5.41, 5.74) is 2.23. The number of ether oxygens (including phenoxy) is 1. The number of hydrogen-bond donors (Lipinski definition) is 1. The first-order chi connectivity index (χ1) is 8.08. The van der Waals surface area contributed by atoms with E-state index in [9.17, 15) is 5.11 Å². The lowest BCUT2D eigenvalue weighted by atomic mass is 9.97. The molecule has 1 aromatic carbocycles. The number of hydrogen-bond acceptors (Lipinski definition) is 4. The molecule has 0 fully saturated rings. The van der Waals surface area contributed by atoms with Crippen molar-refractivity contribution >= 4 is 0 Å². The molecular formula is C13H12N2O2. The highest BCUT2D eigenvalue weighted by Crippen LogP contribution is 2.42. The van der Waals surface area contributed by atoms with Gasteiger partial charge in [-0.15, -0.1) is 0 Å². The normalized spacial score (nSPS) is 21.4. The van der Waals surface area contributed by atoms with Gasteiger partial charge in [-0.05, 0) is 19.1 Å². The molecule has 0 radical (unpaired) electrons. The van der Waals surface area contributed by atoms with E-state index < -0.39 is 5.79 Å². The standard InChI is InChI=1S/C13H12N2O2/c1-8-14-7-10-12(15-8)9-5-3-4-6-11(9)17-13(10,2)16/h3-7,16H,1-2H3. The summed E-state index contributed by atoms with van der Waals surface area (Å²) in [4.78, 5) is 8.51. The molecule has 86 valence electrons. The van der Waals surface area contributed by atoms with E-state index in [4.69, 9.17) is 4.74 Å². The van der Waals surface area contributed by atoms with E-state index >= 15 is 0 Å². The highest BCUT2D eigenvalue weighted by atomic mass is 16.6. The lowest BCUT2D eigenvalue weighted by molar-refractivity contribution is -0.131. The van der Waals surface area contributed by atoms with E-state index in [2.05, 4.69) is 9.97 Å². The fourth-order valence-corrected chi connectivity index (χ4v) is 2.04. The van der Waals surface area contributed by atoms with Crippen LogP contribution in [0.4, 0.5) is 0 Å². The van der Waals surface area contributed by atoms with Crippen molar-refractivity contribution in [3.8, 4) is 17.0 Å². The number of nitrogens with zero attached hydrogens (tertiary/aromatic N) is 2. The van der Waals surface area contributed by atoms with Crippen LogP contribution in [0.15, 0.2) is 30.5 Å². The molecule has 3 rings (SSSR count). The van der Waals surface area contributed by atoms with Crippen molar-refractivity contribution in [2.75, 3.05) is 0 Å². The van der Waals surface area contributed by atoms with Gasteiger partial charge in [0.05, 0.1) is 11.3 Å². The summed E-state index contributed by atoms with van der Waals surface area (Å²) < 4.78 is 5.56. The zero-order chi connectivity index (χ0) is 12.0. The van der Waals surface area contributed by atoms with Crippen molar-refractivity contribution in [1.82, 2.24) is 9.97 Å². The number of para-hydroxylation sites is 1. The van der Waals surface area contributed by atoms with Gasteiger partial charge >= 0.3 is 0 Å². The molecule has 4 heteroatoms. The third-order valence-electron chi connectivity index (χ3n) is 2.86. The average Bonchev–Trinajstić information content (AvgIpc) is 2.28. The molecule has 2 heterocycles. The maximum absolute atomic E-state index is 10.3. The van der Waals surface area contributed by atoms with Crippen LogP contribution in [0.3, 0.4) is 0 Å². The van der Waals surface area contributed by atoms with Crippen LogP contribution in [-0.4, -0.2) is 15.1 Å². The third-order valence-corrected chi connectivity index (χ3v) is 2.86. The van der Waals surface area contributed by atoms with Gasteiger partial charge in [-0.3, -0.25) is 0 Å². The quantitative estimate of drug-likeness (QED) is 0.749. The van der Waals surface area contributed by atoms with E-state index in [0.717, 1.165) is 11.3 Å². The molecule has 1 atom stereocenters. The SMILES string of the molecule is Cc1ncc2c(n1)-c1ccccc1OC2(C)O. The lowest BCUT2D eigenvalue weighted by Gasteiger charge is -2.32. The van der Waals surface area contributed by atoms with E-state index in [1.54, 1.807) is 13.1 Å². The summed E-state index contributed by atoms with van der Waals surface area (Å²) in [6.07, 6.45) is 1.62. The molecule has 0 saturated heterocycles. The van der Waals surface area contributed by atoms with Crippen molar-refractivity contribution in [2.45, 2.75) is 19.6 Å². The maximum atomic E-state index is 10.3. The Morgan fingerprint density at radius 3 is 2.88 bits per heavy atom. The number of benzene rings is 1. The van der Waals surface area contributed by atoms with Gasteiger partial charge in [0.1, 0.15) is 11.6 Å². The Kier molecular flexibility index (Phi) is 1.97. The zero-order valence-corrected chi connectivity index (χ0v) is 9.64. The Labute approximate surface area is 98.9 Å². The van der Waals surface area contributed by atoms with E-state index in [1.807, 2.05) is 31.2 Å². The van der Waals surface area contributed by atoms with Crippen molar-refractivity contribution in [3.63, 3.8) is 0 Å². The van der Waals surface area contributed by atoms with Gasteiger partial charge < -0.3 is 9.84 Å². The Hall–Kier alpha value is -1.94. The molecule has 1 N–H and O–H groups in total. The molecule has 4 nitrogen and oxygen atoms in total. The minimum atomic E-state index is -1.38. The lowest BCUT2D eigenvalue weighted by Crippen LogP contribution is -2.33. The van der Waals surface area contributed by atoms with Crippen molar-refractivity contribution in [2.24, 2.45) is 0 Å². The van der Waals surface area contributed by atoms with Gasteiger partial charge in [-0.2, -0.15) is 0 Å². The molecule has 0 bridgehead atoms. The summed E-state index contributed by atoms with van der Waals surface area (Å²) in [7, 11) is 0. The van der Waals surface area contributed by atoms with E-state index in [0.29, 0.717) is 17.1 Å². The molecule has 17 heavy (non-hydrogen) atoms. The smallest absolute Gasteiger partial charge is 0.235 e. The maximum Gasteiger partial charge on any atom is 0.235 e. The average molecular weight is 228 g/mol. The highest BCUT2D eigenvalue weighted by molar-refractivity contribution is 5.72. The number of aliphatic hydroxyl groups is 1. The monoisotopic (exact) mass is 228 g/mol. The first-order valence-corrected chi connectivity index (χ1v) is 5.43. The summed E-state index contributed by atoms with van der Waals surface area (Å²) >= 11 is 0. The zero-order valence-electron chi connectivity index (χ0n) is 9.64. The predicted molar refractivity (Wildman–Crippen MR) is 62.4 cm³/mol. The summed E-state index contributed by atoms with van der Waals surface area (Å²) in [5, 5.41) is 10.3. The van der Waals surface area contributed by atoms with Gasteiger partial charge in [0.2, 0.25) is 5.79 Å². The van der Waals surface area contributed by atoms with Gasteiger partial charge in [0.15, 0.2) is 0 Å². The number of fused-ring (bicyclic) bond motifs is 3. The Bertz CT molecular complexity index is 594. The number of aromatic nitrogens is 2. The summed E-state index contributed by atoms with van der Waals surface area (Å²) in [5.74, 6) is -0.0587. The number of rotatable bonds is 0. The molecule has 0 amide bonds. The largest absolute Gasteiger partial charge is 0.458 e. The first-order valence-electron chi connectivity index (χ1n) is 5.43. The molecule has 1 unspecified atom stereocenters. The van der Waals surface area contributed by atoms with Crippen LogP contribution in [-0.2, 0) is 5.79 Å². The predicted octanol–water partition coefficient (Wildman–Crippen LogP) is 2.01. The summed E-state index contributed by atoms with van der Waals surface area (Å²) in [6.45, 7) is 3.42. The minimum Gasteiger partial charge on any atom is -0.458 e. The van der Waals surface area contributed by atoms with Gasteiger partial charge in [0.25, 0.3) is 0 Å². The van der Waals surface area contributed by atoms with Crippen molar-refractivity contribution < 1.29 is 9.84 Å². The Balaban J connectivity index is 2.34. The van der Waals surface area contributed by atoms with Crippen LogP contribution < -0.4 is 4.74 Å². The highest BCUT2D eigenvalue weighted by Gasteiger charge is 2.35. The second kappa shape index (κ2) is 3.28. The second-order valence-electron chi connectivity index (χ2n) is 4.26. The van der Waals surface area contributed by atoms with Gasteiger partial charge in [-0.1, -0.05) is 12.1 Å². The van der Waals surface area contributed by atoms with Crippen molar-refractivity contribution in [3.05, 3.63) is 41.9 Å². The first kappa shape index (κ1) is 10.2. The topological polar surface area (TPSA) is 55.2 Å². The van der Waals surface area contributed by atoms with Gasteiger partial charge in [-0.25, -0.2) is 9.97 Å². The van der Waals surface area contributed by atoms with Crippen LogP contribution in [0.25, 0.3) is 11.3 Å². The third kappa shape index (κ3) is 1.49. The minimum absolute atomic E-state index is 0.599. The molecule has 1 aliphatic rings. The number of aryl methyl sites for hydroxylation is 1.